The second-order valence-electron chi connectivity index (χ2n) is 19.0. The maximum atomic E-state index is 12.7. The van der Waals surface area contributed by atoms with Crippen molar-refractivity contribution in [3.05, 3.63) is 185 Å². The minimum Gasteiger partial charge on any atom is -0.600 e. The standard InChI is InChI=1S/C56H69N3O2/c1-54(2,3)50-40-45(41-51(42-50)55(4,5)6)43-59-38-37-58(44-59)36-24-13-11-9-7-8-10-12-14-25-39-61-53(60)57-52-34-32-49(33-35-52)56(46-26-18-15-19-27-46,47-28-20-16-21-29-47)48-30-22-17-23-31-48/h15-23,26-35,37-38,40-42,44H,7-14,24-25,36,39,43H2,1-6H3/p+1. The Morgan fingerprint density at radius 1 is 0.541 bits per heavy atom. The minimum absolute atomic E-state index is 0.140. The van der Waals surface area contributed by atoms with Crippen LogP contribution in [0.4, 0.5) is 5.69 Å². The molecule has 0 saturated carbocycles. The van der Waals surface area contributed by atoms with Gasteiger partial charge in [-0.3, -0.25) is 0 Å². The van der Waals surface area contributed by atoms with E-state index < -0.39 is 11.5 Å². The molecule has 1 N–H and O–H groups in total. The maximum Gasteiger partial charge on any atom is 0.335 e. The molecule has 5 nitrogen and oxygen atoms in total. The van der Waals surface area contributed by atoms with Gasteiger partial charge in [-0.2, -0.15) is 4.58 Å². The van der Waals surface area contributed by atoms with Gasteiger partial charge in [0.1, 0.15) is 6.54 Å². The van der Waals surface area contributed by atoms with Crippen LogP contribution >= 0.6 is 0 Å². The second kappa shape index (κ2) is 21.5. The molecule has 0 bridgehead atoms. The molecule has 5 aromatic rings. The number of hydrogen-bond donors (Lipinski definition) is 1. The summed E-state index contributed by atoms with van der Waals surface area (Å²) in [6.45, 7) is 16.4. The molecular formula is C56H70N3O2+. The van der Waals surface area contributed by atoms with Crippen molar-refractivity contribution in [1.82, 2.24) is 0 Å². The normalized spacial score (nSPS) is 14.6. The lowest BCUT2D eigenvalue weighted by Gasteiger charge is -2.36. The van der Waals surface area contributed by atoms with Crippen molar-refractivity contribution >= 4 is 18.1 Å². The average molecular weight is 817 g/mol. The Balaban J connectivity index is 0.861. The molecule has 1 aliphatic heterocycles. The number of nitrogens with one attached hydrogen (secondary N) is 1. The van der Waals surface area contributed by atoms with Crippen molar-refractivity contribution in [2.24, 2.45) is 4.99 Å². The van der Waals surface area contributed by atoms with Gasteiger partial charge in [0.15, 0.2) is 18.8 Å². The van der Waals surface area contributed by atoms with Gasteiger partial charge in [0.2, 0.25) is 6.20 Å². The van der Waals surface area contributed by atoms with Crippen molar-refractivity contribution in [2.75, 3.05) is 13.2 Å². The van der Waals surface area contributed by atoms with E-state index >= 15 is 0 Å². The van der Waals surface area contributed by atoms with Crippen molar-refractivity contribution in [2.45, 2.75) is 129 Å². The molecule has 0 saturated heterocycles. The summed E-state index contributed by atoms with van der Waals surface area (Å²) in [6, 6.07) is 47.1. The molecule has 1 aliphatic rings. The Morgan fingerprint density at radius 2 is 0.984 bits per heavy atom. The number of ether oxygens (including phenoxy) is 1. The molecule has 6 rings (SSSR count). The van der Waals surface area contributed by atoms with Crippen LogP contribution in [0.15, 0.2) is 151 Å². The summed E-state index contributed by atoms with van der Waals surface area (Å²) in [5.74, 6) is 0. The Hall–Kier alpha value is -5.26. The highest BCUT2D eigenvalue weighted by Gasteiger charge is 2.38. The van der Waals surface area contributed by atoms with Gasteiger partial charge in [0, 0.05) is 12.0 Å². The number of nitrogens with zero attached hydrogens (tertiary/aromatic N) is 2. The van der Waals surface area contributed by atoms with Crippen LogP contribution in [0.3, 0.4) is 0 Å². The van der Waals surface area contributed by atoms with Gasteiger partial charge < -0.3 is 9.84 Å². The highest BCUT2D eigenvalue weighted by Crippen LogP contribution is 2.45. The molecule has 0 radical (unpaired) electrons. The molecule has 0 amide bonds. The van der Waals surface area contributed by atoms with E-state index in [4.69, 9.17) is 4.74 Å². The van der Waals surface area contributed by atoms with E-state index in [0.29, 0.717) is 12.3 Å². The van der Waals surface area contributed by atoms with Crippen LogP contribution in [-0.4, -0.2) is 30.1 Å². The zero-order chi connectivity index (χ0) is 43.1. The van der Waals surface area contributed by atoms with Crippen LogP contribution < -0.4 is 10.0 Å². The zero-order valence-corrected chi connectivity index (χ0v) is 37.8. The van der Waals surface area contributed by atoms with Gasteiger partial charge >= 0.3 is 6.34 Å². The van der Waals surface area contributed by atoms with E-state index in [1.807, 2.05) is 12.1 Å². The largest absolute Gasteiger partial charge is 0.600 e. The fourth-order valence-electron chi connectivity index (χ4n) is 8.59. The van der Waals surface area contributed by atoms with Gasteiger partial charge in [-0.05, 0) is 87.9 Å². The molecule has 1 heterocycles. The van der Waals surface area contributed by atoms with E-state index in [2.05, 4.69) is 191 Å². The highest BCUT2D eigenvalue weighted by atomic mass is 16.6. The van der Waals surface area contributed by atoms with E-state index in [0.717, 1.165) is 31.5 Å². The van der Waals surface area contributed by atoms with E-state index in [1.165, 1.54) is 89.6 Å². The minimum atomic E-state index is -0.532. The molecule has 0 aliphatic carbocycles. The molecule has 5 aromatic carbocycles. The predicted octanol–water partition coefficient (Wildman–Crippen LogP) is 11.5. The Morgan fingerprint density at radius 3 is 1.46 bits per heavy atom. The summed E-state index contributed by atoms with van der Waals surface area (Å²) in [6.07, 6.45) is 18.4. The summed E-state index contributed by atoms with van der Waals surface area (Å²) in [5.41, 5.74) is 9.24. The SMILES string of the molecule is CC(C)(C)c1cc(C[NH+]2C=C[N+](CCCCCCCCCCCCOC([O-])=Nc3ccc(C(c4ccccc4)(c4ccccc4)c4ccccc4)cc3)=C2)cc(C(C)(C)C)c1. The molecule has 1 unspecified atom stereocenters. The van der Waals surface area contributed by atoms with Crippen LogP contribution in [0.5, 0.6) is 0 Å². The van der Waals surface area contributed by atoms with Gasteiger partial charge in [0.25, 0.3) is 0 Å². The van der Waals surface area contributed by atoms with E-state index in [1.54, 1.807) is 0 Å². The molecule has 1 atom stereocenters. The fraction of sp³-hybridized carbons (Fsp3) is 0.393. The summed E-state index contributed by atoms with van der Waals surface area (Å²) in [7, 11) is 0. The number of rotatable bonds is 20. The number of aliphatic imine (C=N–C) groups is 1. The van der Waals surface area contributed by atoms with Gasteiger partial charge in [0.05, 0.1) is 11.1 Å². The topological polar surface area (TPSA) is 52.1 Å². The summed E-state index contributed by atoms with van der Waals surface area (Å²) < 4.78 is 7.90. The lowest BCUT2D eigenvalue weighted by Crippen LogP contribution is -3.04. The smallest absolute Gasteiger partial charge is 0.335 e. The first-order valence-electron chi connectivity index (χ1n) is 22.9. The Kier molecular flexibility index (Phi) is 16.0. The zero-order valence-electron chi connectivity index (χ0n) is 37.8. The molecule has 0 fully saturated rings. The fourth-order valence-corrected chi connectivity index (χ4v) is 8.59. The van der Waals surface area contributed by atoms with E-state index in [9.17, 15) is 5.11 Å². The van der Waals surface area contributed by atoms with Crippen LogP contribution in [-0.2, 0) is 27.5 Å². The van der Waals surface area contributed by atoms with Crippen LogP contribution in [0.1, 0.15) is 145 Å². The van der Waals surface area contributed by atoms with Crippen LogP contribution in [0.25, 0.3) is 0 Å². The number of quaternary nitrogens is 1. The molecule has 0 aromatic heterocycles. The third kappa shape index (κ3) is 12.6. The lowest BCUT2D eigenvalue weighted by atomic mass is 9.65. The first-order chi connectivity index (χ1) is 29.4. The third-order valence-electron chi connectivity index (χ3n) is 12.1. The van der Waals surface area contributed by atoms with Crippen LogP contribution in [0.2, 0.25) is 0 Å². The second-order valence-corrected chi connectivity index (χ2v) is 19.0. The van der Waals surface area contributed by atoms with Gasteiger partial charge in [-0.25, -0.2) is 9.89 Å². The lowest BCUT2D eigenvalue weighted by molar-refractivity contribution is -0.764. The molecule has 61 heavy (non-hydrogen) atoms. The number of hydrogen-bond acceptors (Lipinski definition) is 3. The average Bonchev–Trinajstić information content (AvgIpc) is 3.70. The quantitative estimate of drug-likeness (QED) is 0.0280. The van der Waals surface area contributed by atoms with Crippen molar-refractivity contribution < 1.29 is 19.3 Å². The molecule has 320 valence electrons. The molecule has 5 heteroatoms. The molecular weight excluding hydrogens is 747 g/mol. The van der Waals surface area contributed by atoms with Gasteiger partial charge in [-0.1, -0.05) is 196 Å². The van der Waals surface area contributed by atoms with Crippen molar-refractivity contribution in [3.63, 3.8) is 0 Å². The Bertz CT molecular complexity index is 2050. The third-order valence-corrected chi connectivity index (χ3v) is 12.1. The van der Waals surface area contributed by atoms with E-state index in [-0.39, 0.29) is 10.8 Å². The first-order valence-corrected chi connectivity index (χ1v) is 22.9. The monoisotopic (exact) mass is 817 g/mol. The van der Waals surface area contributed by atoms with Crippen molar-refractivity contribution in [1.29, 1.82) is 0 Å². The summed E-state index contributed by atoms with van der Waals surface area (Å²) >= 11 is 0. The van der Waals surface area contributed by atoms with Gasteiger partial charge in [-0.15, -0.1) is 0 Å². The van der Waals surface area contributed by atoms with Crippen molar-refractivity contribution in [3.8, 4) is 0 Å². The maximum absolute atomic E-state index is 12.7. The molecule has 0 spiro atoms. The predicted molar refractivity (Wildman–Crippen MR) is 253 cm³/mol. The first kappa shape index (κ1) is 45.3. The highest BCUT2D eigenvalue weighted by molar-refractivity contribution is 5.68. The number of benzene rings is 5. The number of unbranched alkanes of at least 4 members (excludes halogenated alkanes) is 9. The summed E-state index contributed by atoms with van der Waals surface area (Å²) in [4.78, 5) is 5.68. The Labute approximate surface area is 367 Å². The summed E-state index contributed by atoms with van der Waals surface area (Å²) in [5, 5.41) is 12.7. The van der Waals surface area contributed by atoms with Crippen LogP contribution in [0, 0.1) is 0 Å².